The molecule has 0 fully saturated rings. The van der Waals surface area contributed by atoms with Crippen LogP contribution in [0.25, 0.3) is 0 Å². The number of benzene rings is 2. The fraction of sp³-hybridized carbons (Fsp3) is 0.294. The van der Waals surface area contributed by atoms with E-state index in [1.165, 1.54) is 0 Å². The van der Waals surface area contributed by atoms with Crippen LogP contribution in [0.2, 0.25) is 10.0 Å². The number of nitrogens with one attached hydrogen (secondary N) is 1. The van der Waals surface area contributed by atoms with Gasteiger partial charge in [0.05, 0.1) is 14.2 Å². The van der Waals surface area contributed by atoms with Gasteiger partial charge in [0.2, 0.25) is 0 Å². The van der Waals surface area contributed by atoms with Crippen molar-refractivity contribution in [2.45, 2.75) is 24.8 Å². The van der Waals surface area contributed by atoms with E-state index >= 15 is 0 Å². The van der Waals surface area contributed by atoms with Crippen LogP contribution in [0.4, 0.5) is 0 Å². The maximum absolute atomic E-state index is 8.32. The van der Waals surface area contributed by atoms with E-state index in [-0.39, 0.29) is 40.1 Å². The molecule has 0 aliphatic heterocycles. The second-order valence-electron chi connectivity index (χ2n) is 4.87. The van der Waals surface area contributed by atoms with Crippen LogP contribution < -0.4 is 5.32 Å². The second-order valence-corrected chi connectivity index (χ2v) is 5.63. The lowest BCUT2D eigenvalue weighted by molar-refractivity contribution is 0.471. The predicted molar refractivity (Wildman–Crippen MR) is 85.8 cm³/mol. The number of halogens is 2. The minimum absolute atomic E-state index is 0.0251. The first kappa shape index (κ1) is 8.43. The van der Waals surface area contributed by atoms with Crippen LogP contribution in [0, 0.1) is 0 Å². The van der Waals surface area contributed by atoms with Crippen molar-refractivity contribution in [3.63, 3.8) is 0 Å². The Kier molecular flexibility index (Phi) is 2.43. The van der Waals surface area contributed by atoms with Crippen LogP contribution in [0.1, 0.15) is 49.7 Å². The average Bonchev–Trinajstić information content (AvgIpc) is 2.59. The highest BCUT2D eigenvalue weighted by Crippen LogP contribution is 2.42. The van der Waals surface area contributed by atoms with Gasteiger partial charge in [-0.15, -0.1) is 0 Å². The molecule has 104 valence electrons. The Morgan fingerprint density at radius 3 is 2.75 bits per heavy atom. The molecule has 0 saturated heterocycles. The summed E-state index contributed by atoms with van der Waals surface area (Å²) in [7, 11) is 0. The standard InChI is InChI=1S/C17H17Cl2N/c1-20-17-9-7-12(13-4-2-3-5-14(13)17)11-6-8-15(18)16(19)10-11/h2-6,8,10,12,17,20H,7,9H2,1H3/t12-,17-/m0/s1/i1D3,6D,8D,10D. The van der Waals surface area contributed by atoms with Crippen LogP contribution in [0.5, 0.6) is 0 Å². The monoisotopic (exact) mass is 311 g/mol. The van der Waals surface area contributed by atoms with Crippen molar-refractivity contribution in [3.05, 3.63) is 69.1 Å². The molecule has 3 rings (SSSR count). The van der Waals surface area contributed by atoms with E-state index in [9.17, 15) is 0 Å². The lowest BCUT2D eigenvalue weighted by Gasteiger charge is -2.32. The molecule has 2 aromatic carbocycles. The van der Waals surface area contributed by atoms with Crippen LogP contribution >= 0.6 is 23.2 Å². The highest BCUT2D eigenvalue weighted by molar-refractivity contribution is 6.42. The van der Waals surface area contributed by atoms with Crippen molar-refractivity contribution < 1.29 is 8.22 Å². The summed E-state index contributed by atoms with van der Waals surface area (Å²) < 4.78 is 47.1. The van der Waals surface area contributed by atoms with Crippen LogP contribution in [-0.2, 0) is 0 Å². The summed E-state index contributed by atoms with van der Waals surface area (Å²) in [5.74, 6) is -0.306. The molecule has 1 aliphatic rings. The maximum Gasteiger partial charge on any atom is 0.0642 e. The fourth-order valence-corrected chi connectivity index (χ4v) is 3.04. The van der Waals surface area contributed by atoms with E-state index in [2.05, 4.69) is 5.32 Å². The largest absolute Gasteiger partial charge is 0.313 e. The second kappa shape index (κ2) is 5.77. The van der Waals surface area contributed by atoms with Gasteiger partial charge in [-0.25, -0.2) is 0 Å². The van der Waals surface area contributed by atoms with E-state index in [0.717, 1.165) is 11.1 Å². The van der Waals surface area contributed by atoms with E-state index in [0.29, 0.717) is 18.4 Å². The first-order chi connectivity index (χ1) is 12.1. The number of hydrogen-bond donors (Lipinski definition) is 1. The van der Waals surface area contributed by atoms with E-state index < -0.39 is 6.98 Å². The molecule has 20 heavy (non-hydrogen) atoms. The third-order valence-electron chi connectivity index (χ3n) is 3.76. The zero-order chi connectivity index (χ0) is 19.2. The van der Waals surface area contributed by atoms with E-state index in [1.54, 1.807) is 0 Å². The highest BCUT2D eigenvalue weighted by atomic mass is 35.5. The lowest BCUT2D eigenvalue weighted by Crippen LogP contribution is -2.24. The summed E-state index contributed by atoms with van der Waals surface area (Å²) in [5.41, 5.74) is 2.04. The summed E-state index contributed by atoms with van der Waals surface area (Å²) in [4.78, 5) is 0. The Balaban J connectivity index is 2.13. The Labute approximate surface area is 138 Å². The van der Waals surface area contributed by atoms with Gasteiger partial charge in [0, 0.05) is 16.1 Å². The smallest absolute Gasteiger partial charge is 0.0642 e. The van der Waals surface area contributed by atoms with Gasteiger partial charge in [0.1, 0.15) is 0 Å². The SMILES string of the molecule is [2H]c1c([2H])c([C@@H]2CC[C@H](NC([2H])([2H])[2H])c3ccccc32)c([2H])c(Cl)c1Cl. The molecule has 2 atom stereocenters. The van der Waals surface area contributed by atoms with E-state index in [1.807, 2.05) is 24.3 Å². The summed E-state index contributed by atoms with van der Waals surface area (Å²) >= 11 is 12.1. The molecular weight excluding hydrogens is 289 g/mol. The van der Waals surface area contributed by atoms with Gasteiger partial charge in [-0.2, -0.15) is 0 Å². The summed E-state index contributed by atoms with van der Waals surface area (Å²) in [6.07, 6.45) is 1.08. The molecule has 0 unspecified atom stereocenters. The van der Waals surface area contributed by atoms with Gasteiger partial charge in [0.15, 0.2) is 0 Å². The third kappa shape index (κ3) is 2.46. The van der Waals surface area contributed by atoms with Gasteiger partial charge in [-0.1, -0.05) is 53.5 Å². The zero-order valence-electron chi connectivity index (χ0n) is 16.6. The molecule has 0 saturated carbocycles. The maximum atomic E-state index is 8.32. The Bertz CT molecular complexity index is 823. The fourth-order valence-electron chi connectivity index (χ4n) is 2.80. The molecule has 1 aliphatic carbocycles. The van der Waals surface area contributed by atoms with Gasteiger partial charge in [0.25, 0.3) is 0 Å². The molecule has 0 amide bonds. The van der Waals surface area contributed by atoms with Gasteiger partial charge < -0.3 is 5.32 Å². The van der Waals surface area contributed by atoms with Crippen LogP contribution in [0.3, 0.4) is 0 Å². The van der Waals surface area contributed by atoms with Crippen LogP contribution in [0.15, 0.2) is 42.4 Å². The van der Waals surface area contributed by atoms with Crippen molar-refractivity contribution in [1.29, 1.82) is 0 Å². The zero-order valence-corrected chi connectivity index (χ0v) is 12.1. The Morgan fingerprint density at radius 1 is 1.15 bits per heavy atom. The van der Waals surface area contributed by atoms with Gasteiger partial charge in [-0.3, -0.25) is 0 Å². The number of hydrogen-bond acceptors (Lipinski definition) is 1. The lowest BCUT2D eigenvalue weighted by atomic mass is 9.77. The summed E-state index contributed by atoms with van der Waals surface area (Å²) in [6, 6.07) is 6.74. The normalized spacial score (nSPS) is 26.5. The molecule has 0 spiro atoms. The molecule has 0 aromatic heterocycles. The van der Waals surface area contributed by atoms with E-state index in [4.69, 9.17) is 31.4 Å². The van der Waals surface area contributed by atoms with Crippen molar-refractivity contribution in [2.75, 3.05) is 6.98 Å². The molecule has 0 bridgehead atoms. The van der Waals surface area contributed by atoms with Crippen molar-refractivity contribution in [1.82, 2.24) is 5.32 Å². The molecule has 0 heterocycles. The Morgan fingerprint density at radius 2 is 1.95 bits per heavy atom. The predicted octanol–water partition coefficient (Wildman–Crippen LogP) is 5.18. The van der Waals surface area contributed by atoms with Gasteiger partial charge >= 0.3 is 0 Å². The molecule has 0 radical (unpaired) electrons. The summed E-state index contributed by atoms with van der Waals surface area (Å²) in [5, 5.41) is 2.56. The molecule has 1 N–H and O–H groups in total. The van der Waals surface area contributed by atoms with Crippen molar-refractivity contribution >= 4 is 23.2 Å². The molecule has 3 heteroatoms. The first-order valence-electron chi connectivity index (χ1n) is 9.43. The number of fused-ring (bicyclic) bond motifs is 1. The highest BCUT2D eigenvalue weighted by Gasteiger charge is 2.27. The number of rotatable bonds is 2. The first-order valence-corrected chi connectivity index (χ1v) is 7.18. The molecule has 1 nitrogen and oxygen atoms in total. The summed E-state index contributed by atoms with van der Waals surface area (Å²) in [6.45, 7) is -2.26. The van der Waals surface area contributed by atoms with Crippen molar-refractivity contribution in [2.24, 2.45) is 0 Å². The molecular formula is C17H17Cl2N. The van der Waals surface area contributed by atoms with Crippen LogP contribution in [-0.4, -0.2) is 6.98 Å². The minimum atomic E-state index is -2.26. The van der Waals surface area contributed by atoms with Gasteiger partial charge in [-0.05, 0) is 48.6 Å². The Hall–Kier alpha value is -1.02. The average molecular weight is 312 g/mol. The molecule has 2 aromatic rings. The van der Waals surface area contributed by atoms with Crippen molar-refractivity contribution in [3.8, 4) is 0 Å². The minimum Gasteiger partial charge on any atom is -0.313 e. The topological polar surface area (TPSA) is 12.0 Å². The quantitative estimate of drug-likeness (QED) is 0.805. The third-order valence-corrected chi connectivity index (χ3v) is 4.42.